The molecule has 2 N–H and O–H groups in total. The number of hydrogen-bond donors (Lipinski definition) is 2. The molecular formula is C12H20N4. The molecule has 0 spiro atoms. The Morgan fingerprint density at radius 1 is 1.31 bits per heavy atom. The second kappa shape index (κ2) is 7.68. The first-order valence-corrected chi connectivity index (χ1v) is 5.71. The lowest BCUT2D eigenvalue weighted by atomic mass is 10.3. The summed E-state index contributed by atoms with van der Waals surface area (Å²) in [6.07, 6.45) is 3.83. The van der Waals surface area contributed by atoms with Crippen LogP contribution in [0.3, 0.4) is 0 Å². The molecule has 0 saturated carbocycles. The SMILES string of the molecule is CCCNC(=NC)NCCc1ccccn1. The third-order valence-electron chi connectivity index (χ3n) is 2.17. The largest absolute Gasteiger partial charge is 0.356 e. The van der Waals surface area contributed by atoms with Crippen LogP contribution < -0.4 is 10.6 Å². The molecule has 88 valence electrons. The summed E-state index contributed by atoms with van der Waals surface area (Å²) in [7, 11) is 1.78. The summed E-state index contributed by atoms with van der Waals surface area (Å²) in [5, 5.41) is 6.48. The smallest absolute Gasteiger partial charge is 0.190 e. The molecule has 1 rings (SSSR count). The fourth-order valence-corrected chi connectivity index (χ4v) is 1.32. The maximum Gasteiger partial charge on any atom is 0.190 e. The quantitative estimate of drug-likeness (QED) is 0.579. The molecule has 0 saturated heterocycles. The zero-order chi connectivity index (χ0) is 11.6. The fraction of sp³-hybridized carbons (Fsp3) is 0.500. The first kappa shape index (κ1) is 12.5. The third-order valence-corrected chi connectivity index (χ3v) is 2.17. The lowest BCUT2D eigenvalue weighted by molar-refractivity contribution is 0.767. The Kier molecular flexibility index (Phi) is 5.99. The van der Waals surface area contributed by atoms with Gasteiger partial charge in [0.25, 0.3) is 0 Å². The summed E-state index contributed by atoms with van der Waals surface area (Å²) in [6.45, 7) is 3.93. The van der Waals surface area contributed by atoms with Crippen molar-refractivity contribution >= 4 is 5.96 Å². The van der Waals surface area contributed by atoms with Crippen LogP contribution in [0.15, 0.2) is 29.4 Å². The van der Waals surface area contributed by atoms with Crippen molar-refractivity contribution in [3.8, 4) is 0 Å². The second-order valence-corrected chi connectivity index (χ2v) is 3.50. The van der Waals surface area contributed by atoms with Gasteiger partial charge in [-0.2, -0.15) is 0 Å². The number of rotatable bonds is 5. The minimum Gasteiger partial charge on any atom is -0.356 e. The zero-order valence-corrected chi connectivity index (χ0v) is 10.0. The number of hydrogen-bond acceptors (Lipinski definition) is 2. The van der Waals surface area contributed by atoms with Gasteiger partial charge in [-0.3, -0.25) is 9.98 Å². The molecule has 0 fully saturated rings. The van der Waals surface area contributed by atoms with Crippen molar-refractivity contribution in [2.75, 3.05) is 20.1 Å². The van der Waals surface area contributed by atoms with E-state index in [0.29, 0.717) is 0 Å². The van der Waals surface area contributed by atoms with Gasteiger partial charge in [0.15, 0.2) is 5.96 Å². The highest BCUT2D eigenvalue weighted by molar-refractivity contribution is 5.79. The van der Waals surface area contributed by atoms with Gasteiger partial charge in [0.2, 0.25) is 0 Å². The Bertz CT molecular complexity index is 308. The first-order valence-electron chi connectivity index (χ1n) is 5.71. The maximum absolute atomic E-state index is 4.26. The van der Waals surface area contributed by atoms with Gasteiger partial charge >= 0.3 is 0 Å². The molecule has 16 heavy (non-hydrogen) atoms. The Balaban J connectivity index is 2.24. The van der Waals surface area contributed by atoms with Crippen molar-refractivity contribution in [2.45, 2.75) is 19.8 Å². The number of guanidine groups is 1. The van der Waals surface area contributed by atoms with E-state index in [2.05, 4.69) is 27.5 Å². The highest BCUT2D eigenvalue weighted by Gasteiger charge is 1.96. The van der Waals surface area contributed by atoms with Crippen molar-refractivity contribution in [3.63, 3.8) is 0 Å². The Labute approximate surface area is 97.2 Å². The van der Waals surface area contributed by atoms with Crippen LogP contribution in [0.1, 0.15) is 19.0 Å². The molecule has 0 aliphatic carbocycles. The van der Waals surface area contributed by atoms with Gasteiger partial charge in [0.1, 0.15) is 0 Å². The number of pyridine rings is 1. The van der Waals surface area contributed by atoms with E-state index >= 15 is 0 Å². The zero-order valence-electron chi connectivity index (χ0n) is 10.0. The summed E-state index contributed by atoms with van der Waals surface area (Å²) in [5.74, 6) is 0.859. The molecule has 0 amide bonds. The average Bonchev–Trinajstić information content (AvgIpc) is 2.35. The lowest BCUT2D eigenvalue weighted by Crippen LogP contribution is -2.38. The number of nitrogens with one attached hydrogen (secondary N) is 2. The van der Waals surface area contributed by atoms with E-state index in [1.54, 1.807) is 7.05 Å². The van der Waals surface area contributed by atoms with Crippen molar-refractivity contribution < 1.29 is 0 Å². The molecule has 0 aromatic carbocycles. The molecule has 1 heterocycles. The predicted molar refractivity (Wildman–Crippen MR) is 67.6 cm³/mol. The van der Waals surface area contributed by atoms with Crippen molar-refractivity contribution in [3.05, 3.63) is 30.1 Å². The van der Waals surface area contributed by atoms with E-state index in [9.17, 15) is 0 Å². The van der Waals surface area contributed by atoms with Gasteiger partial charge in [-0.1, -0.05) is 13.0 Å². The number of aromatic nitrogens is 1. The van der Waals surface area contributed by atoms with E-state index < -0.39 is 0 Å². The van der Waals surface area contributed by atoms with E-state index in [1.807, 2.05) is 24.4 Å². The molecule has 0 radical (unpaired) electrons. The second-order valence-electron chi connectivity index (χ2n) is 3.50. The molecule has 0 aliphatic heterocycles. The highest BCUT2D eigenvalue weighted by Crippen LogP contribution is 1.92. The van der Waals surface area contributed by atoms with Crippen LogP contribution in [0.2, 0.25) is 0 Å². The Morgan fingerprint density at radius 3 is 2.75 bits per heavy atom. The monoisotopic (exact) mass is 220 g/mol. The Hall–Kier alpha value is -1.58. The van der Waals surface area contributed by atoms with E-state index in [1.165, 1.54) is 0 Å². The van der Waals surface area contributed by atoms with Gasteiger partial charge in [-0.05, 0) is 18.6 Å². The van der Waals surface area contributed by atoms with Crippen molar-refractivity contribution in [1.29, 1.82) is 0 Å². The van der Waals surface area contributed by atoms with E-state index in [-0.39, 0.29) is 0 Å². The van der Waals surface area contributed by atoms with Crippen LogP contribution in [0.25, 0.3) is 0 Å². The molecule has 4 heteroatoms. The van der Waals surface area contributed by atoms with E-state index in [4.69, 9.17) is 0 Å². The van der Waals surface area contributed by atoms with E-state index in [0.717, 1.165) is 37.6 Å². The van der Waals surface area contributed by atoms with Crippen LogP contribution in [-0.4, -0.2) is 31.1 Å². The van der Waals surface area contributed by atoms with Gasteiger partial charge in [-0.15, -0.1) is 0 Å². The summed E-state index contributed by atoms with van der Waals surface area (Å²) >= 11 is 0. The van der Waals surface area contributed by atoms with Crippen molar-refractivity contribution in [2.24, 2.45) is 4.99 Å². The average molecular weight is 220 g/mol. The molecule has 0 aliphatic rings. The summed E-state index contributed by atoms with van der Waals surface area (Å²) in [6, 6.07) is 5.97. The summed E-state index contributed by atoms with van der Waals surface area (Å²) in [4.78, 5) is 8.39. The van der Waals surface area contributed by atoms with Crippen molar-refractivity contribution in [1.82, 2.24) is 15.6 Å². The van der Waals surface area contributed by atoms with Crippen LogP contribution in [0.4, 0.5) is 0 Å². The predicted octanol–water partition coefficient (Wildman–Crippen LogP) is 1.20. The highest BCUT2D eigenvalue weighted by atomic mass is 15.2. The fourth-order valence-electron chi connectivity index (χ4n) is 1.32. The van der Waals surface area contributed by atoms with Crippen LogP contribution in [0.5, 0.6) is 0 Å². The van der Waals surface area contributed by atoms with Gasteiger partial charge in [0, 0.05) is 38.4 Å². The molecule has 0 bridgehead atoms. The minimum absolute atomic E-state index is 0.848. The normalized spacial score (nSPS) is 11.2. The number of nitrogens with zero attached hydrogens (tertiary/aromatic N) is 2. The van der Waals surface area contributed by atoms with Gasteiger partial charge in [-0.25, -0.2) is 0 Å². The molecule has 1 aromatic rings. The summed E-state index contributed by atoms with van der Waals surface area (Å²) in [5.41, 5.74) is 1.10. The maximum atomic E-state index is 4.26. The number of aliphatic imine (C=N–C) groups is 1. The van der Waals surface area contributed by atoms with Crippen LogP contribution >= 0.6 is 0 Å². The third kappa shape index (κ3) is 4.77. The molecular weight excluding hydrogens is 200 g/mol. The molecule has 0 atom stereocenters. The summed E-state index contributed by atoms with van der Waals surface area (Å²) < 4.78 is 0. The molecule has 0 unspecified atom stereocenters. The standard InChI is InChI=1S/C12H20N4/c1-3-8-15-12(13-2)16-10-7-11-6-4-5-9-14-11/h4-6,9H,3,7-8,10H2,1-2H3,(H2,13,15,16). The topological polar surface area (TPSA) is 49.3 Å². The lowest BCUT2D eigenvalue weighted by Gasteiger charge is -2.10. The molecule has 1 aromatic heterocycles. The van der Waals surface area contributed by atoms with Crippen LogP contribution in [-0.2, 0) is 6.42 Å². The van der Waals surface area contributed by atoms with Gasteiger partial charge in [0.05, 0.1) is 0 Å². The van der Waals surface area contributed by atoms with Gasteiger partial charge < -0.3 is 10.6 Å². The first-order chi connectivity index (χ1) is 7.86. The molecule has 4 nitrogen and oxygen atoms in total. The minimum atomic E-state index is 0.848. The van der Waals surface area contributed by atoms with Crippen LogP contribution in [0, 0.1) is 0 Å². The Morgan fingerprint density at radius 2 is 2.12 bits per heavy atom.